The van der Waals surface area contributed by atoms with Crippen LogP contribution in [-0.4, -0.2) is 24.5 Å². The molecule has 0 aliphatic heterocycles. The van der Waals surface area contributed by atoms with Crippen molar-refractivity contribution in [1.29, 1.82) is 0 Å². The van der Waals surface area contributed by atoms with Crippen molar-refractivity contribution in [3.05, 3.63) is 65.5 Å². The van der Waals surface area contributed by atoms with Gasteiger partial charge in [0.2, 0.25) is 5.91 Å². The number of halogens is 1. The van der Waals surface area contributed by atoms with Gasteiger partial charge in [0.1, 0.15) is 11.6 Å². The average molecular weight is 315 g/mol. The van der Waals surface area contributed by atoms with Crippen LogP contribution in [0, 0.1) is 12.7 Å². The Balaban J connectivity index is 1.70. The van der Waals surface area contributed by atoms with Crippen LogP contribution in [0.3, 0.4) is 0 Å². The molecular weight excluding hydrogens is 293 g/mol. The molecule has 0 radical (unpaired) electrons. The standard InChI is InChI=1S/C19H22FNO2/c1-15-5-3-6-18(13-15)23-12-4-7-19(22)21(2)14-16-8-10-17(20)11-9-16/h3,5-6,8-11,13H,4,7,12,14H2,1-2H3. The van der Waals surface area contributed by atoms with Crippen LogP contribution in [0.1, 0.15) is 24.0 Å². The zero-order valence-corrected chi connectivity index (χ0v) is 13.6. The van der Waals surface area contributed by atoms with Crippen molar-refractivity contribution >= 4 is 5.91 Å². The van der Waals surface area contributed by atoms with Crippen LogP contribution >= 0.6 is 0 Å². The second-order valence-corrected chi connectivity index (χ2v) is 5.64. The number of benzene rings is 2. The topological polar surface area (TPSA) is 29.5 Å². The molecule has 0 saturated heterocycles. The molecule has 23 heavy (non-hydrogen) atoms. The fraction of sp³-hybridized carbons (Fsp3) is 0.316. The summed E-state index contributed by atoms with van der Waals surface area (Å²) in [6.07, 6.45) is 1.10. The number of hydrogen-bond donors (Lipinski definition) is 0. The molecule has 3 nitrogen and oxygen atoms in total. The summed E-state index contributed by atoms with van der Waals surface area (Å²) in [4.78, 5) is 13.7. The lowest BCUT2D eigenvalue weighted by atomic mass is 10.2. The summed E-state index contributed by atoms with van der Waals surface area (Å²) in [6, 6.07) is 14.1. The van der Waals surface area contributed by atoms with Crippen LogP contribution in [0.15, 0.2) is 48.5 Å². The van der Waals surface area contributed by atoms with E-state index in [-0.39, 0.29) is 11.7 Å². The minimum Gasteiger partial charge on any atom is -0.494 e. The molecule has 0 N–H and O–H groups in total. The quantitative estimate of drug-likeness (QED) is 0.724. The SMILES string of the molecule is Cc1cccc(OCCCC(=O)N(C)Cc2ccc(F)cc2)c1. The molecule has 1 amide bonds. The Morgan fingerprint density at radius 2 is 1.91 bits per heavy atom. The maximum absolute atomic E-state index is 12.9. The smallest absolute Gasteiger partial charge is 0.222 e. The van der Waals surface area contributed by atoms with Crippen LogP contribution in [-0.2, 0) is 11.3 Å². The van der Waals surface area contributed by atoms with Crippen molar-refractivity contribution in [2.24, 2.45) is 0 Å². The third-order valence-electron chi connectivity index (χ3n) is 3.55. The number of carbonyl (C=O) groups excluding carboxylic acids is 1. The molecule has 0 saturated carbocycles. The van der Waals surface area contributed by atoms with E-state index in [1.807, 2.05) is 31.2 Å². The van der Waals surface area contributed by atoms with E-state index < -0.39 is 0 Å². The van der Waals surface area contributed by atoms with Crippen molar-refractivity contribution in [2.75, 3.05) is 13.7 Å². The first-order valence-corrected chi connectivity index (χ1v) is 7.72. The second-order valence-electron chi connectivity index (χ2n) is 5.64. The summed E-state index contributed by atoms with van der Waals surface area (Å²) < 4.78 is 18.5. The van der Waals surface area contributed by atoms with Crippen LogP contribution in [0.4, 0.5) is 4.39 Å². The molecule has 0 fully saturated rings. The van der Waals surface area contributed by atoms with Gasteiger partial charge in [-0.1, -0.05) is 24.3 Å². The molecule has 0 spiro atoms. The number of hydrogen-bond acceptors (Lipinski definition) is 2. The van der Waals surface area contributed by atoms with E-state index in [1.165, 1.54) is 12.1 Å². The highest BCUT2D eigenvalue weighted by atomic mass is 19.1. The number of ether oxygens (including phenoxy) is 1. The first-order chi connectivity index (χ1) is 11.0. The summed E-state index contributed by atoms with van der Waals surface area (Å²) >= 11 is 0. The number of amides is 1. The first kappa shape index (κ1) is 17.0. The van der Waals surface area contributed by atoms with E-state index in [0.717, 1.165) is 16.9 Å². The van der Waals surface area contributed by atoms with Gasteiger partial charge in [0.25, 0.3) is 0 Å². The van der Waals surface area contributed by atoms with Gasteiger partial charge in [-0.25, -0.2) is 4.39 Å². The summed E-state index contributed by atoms with van der Waals surface area (Å²) in [5.41, 5.74) is 2.07. The van der Waals surface area contributed by atoms with Gasteiger partial charge >= 0.3 is 0 Å². The molecule has 0 unspecified atom stereocenters. The van der Waals surface area contributed by atoms with E-state index in [4.69, 9.17) is 4.74 Å². The highest BCUT2D eigenvalue weighted by Gasteiger charge is 2.09. The Morgan fingerprint density at radius 1 is 1.17 bits per heavy atom. The predicted molar refractivity (Wildman–Crippen MR) is 88.8 cm³/mol. The Kier molecular flexibility index (Phi) is 6.15. The first-order valence-electron chi connectivity index (χ1n) is 7.72. The highest BCUT2D eigenvalue weighted by molar-refractivity contribution is 5.75. The van der Waals surface area contributed by atoms with Crippen molar-refractivity contribution in [3.8, 4) is 5.75 Å². The molecule has 0 aromatic heterocycles. The molecule has 122 valence electrons. The van der Waals surface area contributed by atoms with Gasteiger partial charge in [0.05, 0.1) is 6.61 Å². The maximum atomic E-state index is 12.9. The molecule has 0 atom stereocenters. The summed E-state index contributed by atoms with van der Waals surface area (Å²) in [7, 11) is 1.76. The van der Waals surface area contributed by atoms with E-state index in [1.54, 1.807) is 24.1 Å². The van der Waals surface area contributed by atoms with Gasteiger partial charge in [0.15, 0.2) is 0 Å². The van der Waals surface area contributed by atoms with Gasteiger partial charge in [-0.3, -0.25) is 4.79 Å². The van der Waals surface area contributed by atoms with Crippen molar-refractivity contribution in [1.82, 2.24) is 4.90 Å². The summed E-state index contributed by atoms with van der Waals surface area (Å²) in [5, 5.41) is 0. The molecule has 2 rings (SSSR count). The lowest BCUT2D eigenvalue weighted by Gasteiger charge is -2.17. The number of rotatable bonds is 7. The normalized spacial score (nSPS) is 10.4. The molecule has 0 bridgehead atoms. The van der Waals surface area contributed by atoms with Gasteiger partial charge in [0, 0.05) is 20.0 Å². The van der Waals surface area contributed by atoms with E-state index >= 15 is 0 Å². The van der Waals surface area contributed by atoms with E-state index in [9.17, 15) is 9.18 Å². The molecule has 4 heteroatoms. The van der Waals surface area contributed by atoms with Crippen molar-refractivity contribution in [2.45, 2.75) is 26.3 Å². The molecule has 2 aromatic carbocycles. The summed E-state index contributed by atoms with van der Waals surface area (Å²) in [6.45, 7) is 3.01. The van der Waals surface area contributed by atoms with Crippen LogP contribution < -0.4 is 4.74 Å². The monoisotopic (exact) mass is 315 g/mol. The zero-order chi connectivity index (χ0) is 16.7. The largest absolute Gasteiger partial charge is 0.494 e. The Labute approximate surface area is 136 Å². The molecular formula is C19H22FNO2. The maximum Gasteiger partial charge on any atom is 0.222 e. The lowest BCUT2D eigenvalue weighted by molar-refractivity contribution is -0.130. The van der Waals surface area contributed by atoms with E-state index in [0.29, 0.717) is 26.0 Å². The molecule has 0 heterocycles. The zero-order valence-electron chi connectivity index (χ0n) is 13.6. The molecule has 0 aliphatic carbocycles. The lowest BCUT2D eigenvalue weighted by Crippen LogP contribution is -2.26. The van der Waals surface area contributed by atoms with Crippen LogP contribution in [0.5, 0.6) is 5.75 Å². The minimum absolute atomic E-state index is 0.0576. The third-order valence-corrected chi connectivity index (χ3v) is 3.55. The summed E-state index contributed by atoms with van der Waals surface area (Å²) in [5.74, 6) is 0.621. The van der Waals surface area contributed by atoms with Crippen molar-refractivity contribution in [3.63, 3.8) is 0 Å². The second kappa shape index (κ2) is 8.32. The fourth-order valence-corrected chi connectivity index (χ4v) is 2.26. The Bertz CT molecular complexity index is 640. The van der Waals surface area contributed by atoms with Gasteiger partial charge < -0.3 is 9.64 Å². The van der Waals surface area contributed by atoms with Crippen LogP contribution in [0.2, 0.25) is 0 Å². The van der Waals surface area contributed by atoms with Gasteiger partial charge in [-0.2, -0.15) is 0 Å². The Morgan fingerprint density at radius 3 is 2.61 bits per heavy atom. The fourth-order valence-electron chi connectivity index (χ4n) is 2.26. The number of carbonyl (C=O) groups is 1. The predicted octanol–water partition coefficient (Wildman–Crippen LogP) is 3.95. The Hall–Kier alpha value is -2.36. The third kappa shape index (κ3) is 5.74. The molecule has 2 aromatic rings. The minimum atomic E-state index is -0.268. The van der Waals surface area contributed by atoms with E-state index in [2.05, 4.69) is 0 Å². The van der Waals surface area contributed by atoms with Gasteiger partial charge in [-0.05, 0) is 48.7 Å². The highest BCUT2D eigenvalue weighted by Crippen LogP contribution is 2.13. The van der Waals surface area contributed by atoms with Crippen molar-refractivity contribution < 1.29 is 13.9 Å². The van der Waals surface area contributed by atoms with Crippen LogP contribution in [0.25, 0.3) is 0 Å². The average Bonchev–Trinajstić information content (AvgIpc) is 2.53. The number of nitrogens with zero attached hydrogens (tertiary/aromatic N) is 1. The van der Waals surface area contributed by atoms with Gasteiger partial charge in [-0.15, -0.1) is 0 Å². The number of aryl methyl sites for hydroxylation is 1. The molecule has 0 aliphatic rings.